The summed E-state index contributed by atoms with van der Waals surface area (Å²) in [6.07, 6.45) is 0. The number of hydrogen-bond donors (Lipinski definition) is 0. The average Bonchev–Trinajstić information content (AvgIpc) is 2.43. The lowest BCUT2D eigenvalue weighted by atomic mass is 10.2. The van der Waals surface area contributed by atoms with Gasteiger partial charge in [0, 0.05) is 10.5 Å². The van der Waals surface area contributed by atoms with Gasteiger partial charge in [0.2, 0.25) is 5.75 Å². The van der Waals surface area contributed by atoms with Crippen molar-refractivity contribution in [2.24, 2.45) is 0 Å². The molecular formula is C14H12BrNO5S. The van der Waals surface area contributed by atoms with E-state index < -0.39 is 20.7 Å². The Kier molecular flexibility index (Phi) is 4.52. The topological polar surface area (TPSA) is 86.5 Å². The van der Waals surface area contributed by atoms with Gasteiger partial charge in [-0.15, -0.1) is 0 Å². The van der Waals surface area contributed by atoms with Crippen molar-refractivity contribution in [3.05, 3.63) is 62.1 Å². The highest BCUT2D eigenvalue weighted by molar-refractivity contribution is 9.10. The van der Waals surface area contributed by atoms with E-state index in [1.807, 2.05) is 0 Å². The van der Waals surface area contributed by atoms with Crippen molar-refractivity contribution in [1.29, 1.82) is 0 Å². The molecule has 6 nitrogen and oxygen atoms in total. The summed E-state index contributed by atoms with van der Waals surface area (Å²) in [5.74, 6) is -0.309. The summed E-state index contributed by atoms with van der Waals surface area (Å²) in [6.45, 7) is 3.40. The molecule has 0 N–H and O–H groups in total. The highest BCUT2D eigenvalue weighted by atomic mass is 79.9. The maximum atomic E-state index is 12.3. The van der Waals surface area contributed by atoms with Crippen LogP contribution in [0.4, 0.5) is 5.69 Å². The van der Waals surface area contributed by atoms with Gasteiger partial charge in [0.15, 0.2) is 0 Å². The predicted molar refractivity (Wildman–Crippen MR) is 84.5 cm³/mol. The molecule has 0 radical (unpaired) electrons. The first kappa shape index (κ1) is 16.4. The molecule has 0 atom stereocenters. The molecular weight excluding hydrogens is 374 g/mol. The second kappa shape index (κ2) is 6.05. The molecule has 0 aliphatic carbocycles. The maximum absolute atomic E-state index is 12.3. The lowest BCUT2D eigenvalue weighted by molar-refractivity contribution is -0.385. The first-order valence-corrected chi connectivity index (χ1v) is 8.36. The average molecular weight is 386 g/mol. The Morgan fingerprint density at radius 1 is 1.14 bits per heavy atom. The third kappa shape index (κ3) is 3.45. The molecule has 2 aromatic rings. The highest BCUT2D eigenvalue weighted by Crippen LogP contribution is 2.31. The number of aryl methyl sites for hydroxylation is 2. The van der Waals surface area contributed by atoms with Crippen LogP contribution < -0.4 is 4.18 Å². The Bertz CT molecular complexity index is 848. The van der Waals surface area contributed by atoms with E-state index in [4.69, 9.17) is 4.18 Å². The quantitative estimate of drug-likeness (QED) is 0.454. The van der Waals surface area contributed by atoms with Crippen LogP contribution in [-0.4, -0.2) is 13.3 Å². The van der Waals surface area contributed by atoms with E-state index in [2.05, 4.69) is 15.9 Å². The minimum absolute atomic E-state index is 0.0666. The molecule has 0 heterocycles. The number of rotatable bonds is 4. The molecule has 2 rings (SSSR count). The lowest BCUT2D eigenvalue weighted by Crippen LogP contribution is -2.11. The minimum atomic E-state index is -4.15. The molecule has 0 aliphatic rings. The molecule has 0 saturated carbocycles. The van der Waals surface area contributed by atoms with Crippen LogP contribution in [0.5, 0.6) is 5.75 Å². The summed E-state index contributed by atoms with van der Waals surface area (Å²) in [5.41, 5.74) is 0.955. The first-order valence-electron chi connectivity index (χ1n) is 6.16. The van der Waals surface area contributed by atoms with Gasteiger partial charge in [0.25, 0.3) is 0 Å². The summed E-state index contributed by atoms with van der Waals surface area (Å²) in [4.78, 5) is 10.3. The van der Waals surface area contributed by atoms with Gasteiger partial charge >= 0.3 is 15.8 Å². The molecule has 0 bridgehead atoms. The third-order valence-electron chi connectivity index (χ3n) is 2.93. The van der Waals surface area contributed by atoms with Crippen LogP contribution in [0.15, 0.2) is 45.8 Å². The number of nitrogens with zero attached hydrogens (tertiary/aromatic N) is 1. The van der Waals surface area contributed by atoms with Crippen LogP contribution >= 0.6 is 15.9 Å². The van der Waals surface area contributed by atoms with Crippen molar-refractivity contribution >= 4 is 31.7 Å². The second-order valence-electron chi connectivity index (χ2n) is 4.68. The molecule has 0 spiro atoms. The van der Waals surface area contributed by atoms with Crippen LogP contribution in [0, 0.1) is 24.0 Å². The smallest absolute Gasteiger partial charge is 0.339 e. The fourth-order valence-corrected chi connectivity index (χ4v) is 3.06. The highest BCUT2D eigenvalue weighted by Gasteiger charge is 2.23. The van der Waals surface area contributed by atoms with Crippen LogP contribution in [0.2, 0.25) is 0 Å². The number of hydrogen-bond acceptors (Lipinski definition) is 5. The van der Waals surface area contributed by atoms with Gasteiger partial charge in [-0.1, -0.05) is 22.0 Å². The van der Waals surface area contributed by atoms with E-state index in [0.29, 0.717) is 11.1 Å². The lowest BCUT2D eigenvalue weighted by Gasteiger charge is -2.09. The van der Waals surface area contributed by atoms with Crippen molar-refractivity contribution in [3.8, 4) is 5.75 Å². The zero-order valence-electron chi connectivity index (χ0n) is 11.7. The van der Waals surface area contributed by atoms with Gasteiger partial charge in [-0.2, -0.15) is 8.42 Å². The molecule has 0 saturated heterocycles. The molecule has 0 fully saturated rings. The van der Waals surface area contributed by atoms with Crippen molar-refractivity contribution in [2.45, 2.75) is 18.7 Å². The number of nitro benzene ring substituents is 1. The molecule has 8 heteroatoms. The number of benzene rings is 2. The van der Waals surface area contributed by atoms with Crippen LogP contribution in [0.25, 0.3) is 0 Å². The first-order chi connectivity index (χ1) is 10.2. The molecule has 0 aromatic heterocycles. The second-order valence-corrected chi connectivity index (χ2v) is 7.08. The summed E-state index contributed by atoms with van der Waals surface area (Å²) in [5, 5.41) is 11.0. The third-order valence-corrected chi connectivity index (χ3v) is 5.05. The van der Waals surface area contributed by atoms with E-state index in [1.54, 1.807) is 26.0 Å². The molecule has 116 valence electrons. The minimum Gasteiger partial charge on any atom is -0.372 e. The molecule has 2 aromatic carbocycles. The summed E-state index contributed by atoms with van der Waals surface area (Å²) in [6, 6.07) is 8.46. The van der Waals surface area contributed by atoms with Crippen LogP contribution in [-0.2, 0) is 10.1 Å². The van der Waals surface area contributed by atoms with Gasteiger partial charge in [-0.05, 0) is 49.2 Å². The SMILES string of the molecule is Cc1ccc(OS(=O)(=O)c2ccc(Br)c(C)c2)c([N+](=O)[O-])c1. The van der Waals surface area contributed by atoms with Gasteiger partial charge < -0.3 is 4.18 Å². The van der Waals surface area contributed by atoms with E-state index >= 15 is 0 Å². The monoisotopic (exact) mass is 385 g/mol. The normalized spacial score (nSPS) is 11.2. The Hall–Kier alpha value is -1.93. The van der Waals surface area contributed by atoms with Gasteiger partial charge in [-0.3, -0.25) is 10.1 Å². The number of halogens is 1. The number of nitro groups is 1. The fraction of sp³-hybridized carbons (Fsp3) is 0.143. The Morgan fingerprint density at radius 2 is 1.82 bits per heavy atom. The van der Waals surface area contributed by atoms with Crippen LogP contribution in [0.3, 0.4) is 0 Å². The van der Waals surface area contributed by atoms with Crippen molar-refractivity contribution in [2.75, 3.05) is 0 Å². The van der Waals surface area contributed by atoms with Crippen molar-refractivity contribution in [3.63, 3.8) is 0 Å². The summed E-state index contributed by atoms with van der Waals surface area (Å²) < 4.78 is 30.2. The fourth-order valence-electron chi connectivity index (χ4n) is 1.78. The molecule has 0 amide bonds. The molecule has 0 unspecified atom stereocenters. The van der Waals surface area contributed by atoms with Crippen LogP contribution in [0.1, 0.15) is 11.1 Å². The zero-order chi connectivity index (χ0) is 16.5. The van der Waals surface area contributed by atoms with Crippen molar-refractivity contribution in [1.82, 2.24) is 0 Å². The van der Waals surface area contributed by atoms with Gasteiger partial charge in [0.05, 0.1) is 4.92 Å². The van der Waals surface area contributed by atoms with Crippen molar-refractivity contribution < 1.29 is 17.5 Å². The van der Waals surface area contributed by atoms with Gasteiger partial charge in [0.1, 0.15) is 4.90 Å². The summed E-state index contributed by atoms with van der Waals surface area (Å²) >= 11 is 3.28. The van der Waals surface area contributed by atoms with Gasteiger partial charge in [-0.25, -0.2) is 0 Å². The Morgan fingerprint density at radius 3 is 2.41 bits per heavy atom. The Labute approximate surface area is 136 Å². The largest absolute Gasteiger partial charge is 0.372 e. The standard InChI is InChI=1S/C14H12BrNO5S/c1-9-3-6-14(13(7-9)16(17)18)21-22(19,20)11-4-5-12(15)10(2)8-11/h3-8H,1-2H3. The molecule has 0 aliphatic heterocycles. The molecule has 22 heavy (non-hydrogen) atoms. The van der Waals surface area contributed by atoms with E-state index in [-0.39, 0.29) is 10.6 Å². The zero-order valence-corrected chi connectivity index (χ0v) is 14.1. The predicted octanol–water partition coefficient (Wildman–Crippen LogP) is 3.74. The maximum Gasteiger partial charge on any atom is 0.339 e. The van der Waals surface area contributed by atoms with E-state index in [0.717, 1.165) is 4.47 Å². The van der Waals surface area contributed by atoms with E-state index in [9.17, 15) is 18.5 Å². The summed E-state index contributed by atoms with van der Waals surface area (Å²) in [7, 11) is -4.15. The Balaban J connectivity index is 2.45. The van der Waals surface area contributed by atoms with E-state index in [1.165, 1.54) is 24.3 Å².